The normalized spacial score (nSPS) is 28.9. The van der Waals surface area contributed by atoms with E-state index in [9.17, 15) is 22.8 Å². The topological polar surface area (TPSA) is 161 Å². The van der Waals surface area contributed by atoms with Crippen LogP contribution >= 0.6 is 0 Å². The zero-order valence-electron chi connectivity index (χ0n) is 14.4. The van der Waals surface area contributed by atoms with Crippen LogP contribution in [0.1, 0.15) is 20.8 Å². The third-order valence-corrected chi connectivity index (χ3v) is 3.54. The molecule has 1 N–H and O–H groups in total. The second kappa shape index (κ2) is 9.23. The van der Waals surface area contributed by atoms with Crippen molar-refractivity contribution in [3.05, 3.63) is 0 Å². The minimum Gasteiger partial charge on any atom is -0.456 e. The number of hydrogen-bond donors (Lipinski definition) is 1. The molecule has 0 aliphatic carbocycles. The van der Waals surface area contributed by atoms with Gasteiger partial charge in [0.2, 0.25) is 0 Å². The van der Waals surface area contributed by atoms with Crippen LogP contribution in [0.3, 0.4) is 0 Å². The largest absolute Gasteiger partial charge is 0.456 e. The summed E-state index contributed by atoms with van der Waals surface area (Å²) in [6, 6.07) is 0. The van der Waals surface area contributed by atoms with Crippen molar-refractivity contribution < 1.29 is 55.2 Å². The summed E-state index contributed by atoms with van der Waals surface area (Å²) in [5.74, 6) is -2.37. The van der Waals surface area contributed by atoms with Crippen LogP contribution < -0.4 is 0 Å². The zero-order valence-corrected chi connectivity index (χ0v) is 15.3. The number of methoxy groups -OCH3 is 1. The Morgan fingerprint density at radius 3 is 1.81 bits per heavy atom. The van der Waals surface area contributed by atoms with Crippen molar-refractivity contribution in [3.8, 4) is 0 Å². The fraction of sp³-hybridized carbons (Fsp3) is 0.769. The number of carbonyl (C=O) groups excluding carboxylic acids is 3. The maximum Gasteiger partial charge on any atom is 0.397 e. The molecule has 150 valence electrons. The maximum absolute atomic E-state index is 11.4. The van der Waals surface area contributed by atoms with Gasteiger partial charge in [0.1, 0.15) is 6.10 Å². The minimum atomic E-state index is -4.83. The highest BCUT2D eigenvalue weighted by atomic mass is 32.3. The Labute approximate surface area is 149 Å². The molecular formula is C13H20O12S. The van der Waals surface area contributed by atoms with Crippen LogP contribution in [-0.4, -0.2) is 75.3 Å². The van der Waals surface area contributed by atoms with E-state index in [0.717, 1.165) is 20.8 Å². The van der Waals surface area contributed by atoms with Gasteiger partial charge in [-0.1, -0.05) is 0 Å². The van der Waals surface area contributed by atoms with E-state index in [0.29, 0.717) is 0 Å². The van der Waals surface area contributed by atoms with Gasteiger partial charge in [0.05, 0.1) is 6.61 Å². The molecular weight excluding hydrogens is 380 g/mol. The molecule has 0 bridgehead atoms. The van der Waals surface area contributed by atoms with Gasteiger partial charge in [-0.15, -0.1) is 0 Å². The van der Waals surface area contributed by atoms with Crippen molar-refractivity contribution in [2.45, 2.75) is 51.5 Å². The Balaban J connectivity index is 3.23. The summed E-state index contributed by atoms with van der Waals surface area (Å²) < 4.78 is 60.2. The van der Waals surface area contributed by atoms with Gasteiger partial charge in [0.15, 0.2) is 24.6 Å². The lowest BCUT2D eigenvalue weighted by Gasteiger charge is -2.43. The van der Waals surface area contributed by atoms with E-state index in [1.54, 1.807) is 0 Å². The van der Waals surface area contributed by atoms with Crippen LogP contribution in [0.15, 0.2) is 0 Å². The summed E-state index contributed by atoms with van der Waals surface area (Å²) in [6.07, 6.45) is -6.73. The van der Waals surface area contributed by atoms with Gasteiger partial charge in [-0.3, -0.25) is 18.9 Å². The van der Waals surface area contributed by atoms with Crippen molar-refractivity contribution in [2.24, 2.45) is 0 Å². The molecule has 1 saturated heterocycles. The molecule has 0 amide bonds. The first-order valence-corrected chi connectivity index (χ1v) is 8.63. The van der Waals surface area contributed by atoms with Crippen molar-refractivity contribution in [2.75, 3.05) is 13.7 Å². The summed E-state index contributed by atoms with van der Waals surface area (Å²) in [5.41, 5.74) is 0. The molecule has 0 saturated carbocycles. The molecule has 1 aliphatic heterocycles. The molecule has 0 radical (unpaired) electrons. The Morgan fingerprint density at radius 1 is 0.923 bits per heavy atom. The van der Waals surface area contributed by atoms with Crippen LogP contribution in [-0.2, 0) is 52.7 Å². The first kappa shape index (κ1) is 22.2. The molecule has 1 rings (SSSR count). The summed E-state index contributed by atoms with van der Waals surface area (Å²) in [6.45, 7) is 2.42. The number of carbonyl (C=O) groups is 3. The van der Waals surface area contributed by atoms with Crippen LogP contribution in [0.25, 0.3) is 0 Å². The standard InChI is InChI=1S/C13H20O12S/c1-6(14)22-10-9(5-21-26(17,18)19)25-13(20-4)12(24-8(3)16)11(10)23-7(2)15/h9-13H,5H2,1-4H3,(H,17,18,19)/t9-,10-,11+,12+,13+/m1/s1. The van der Waals surface area contributed by atoms with E-state index in [1.807, 2.05) is 0 Å². The van der Waals surface area contributed by atoms with E-state index in [-0.39, 0.29) is 0 Å². The third-order valence-electron chi connectivity index (χ3n) is 3.11. The summed E-state index contributed by atoms with van der Waals surface area (Å²) in [4.78, 5) is 34.2. The lowest BCUT2D eigenvalue weighted by molar-refractivity contribution is -0.301. The van der Waals surface area contributed by atoms with Gasteiger partial charge in [-0.2, -0.15) is 8.42 Å². The SMILES string of the molecule is CO[C@H]1O[C@H](COS(=O)(=O)O)[C@@H](OC(C)=O)[C@H](OC(C)=O)[C@@H]1OC(C)=O. The Bertz CT molecular complexity index is 629. The van der Waals surface area contributed by atoms with Gasteiger partial charge in [0, 0.05) is 27.9 Å². The van der Waals surface area contributed by atoms with E-state index in [4.69, 9.17) is 28.2 Å². The van der Waals surface area contributed by atoms with Crippen LogP contribution in [0.5, 0.6) is 0 Å². The number of esters is 3. The Hall–Kier alpha value is -1.80. The maximum atomic E-state index is 11.4. The summed E-state index contributed by atoms with van der Waals surface area (Å²) in [7, 11) is -3.63. The van der Waals surface area contributed by atoms with Crippen molar-refractivity contribution in [1.29, 1.82) is 0 Å². The Morgan fingerprint density at radius 2 is 1.38 bits per heavy atom. The molecule has 0 spiro atoms. The highest BCUT2D eigenvalue weighted by molar-refractivity contribution is 7.80. The lowest BCUT2D eigenvalue weighted by atomic mass is 9.98. The summed E-state index contributed by atoms with van der Waals surface area (Å²) in [5, 5.41) is 0. The molecule has 13 heteroatoms. The fourth-order valence-electron chi connectivity index (χ4n) is 2.33. The number of rotatable bonds is 7. The van der Waals surface area contributed by atoms with Crippen molar-refractivity contribution in [1.82, 2.24) is 0 Å². The quantitative estimate of drug-likeness (QED) is 0.315. The first-order valence-electron chi connectivity index (χ1n) is 7.26. The van der Waals surface area contributed by atoms with Gasteiger partial charge in [-0.25, -0.2) is 4.18 Å². The second-order valence-electron chi connectivity index (χ2n) is 5.21. The van der Waals surface area contributed by atoms with Crippen LogP contribution in [0.4, 0.5) is 0 Å². The molecule has 0 aromatic carbocycles. The number of ether oxygens (including phenoxy) is 5. The highest BCUT2D eigenvalue weighted by Gasteiger charge is 2.52. The molecule has 1 fully saturated rings. The van der Waals surface area contributed by atoms with Gasteiger partial charge >= 0.3 is 28.3 Å². The molecule has 26 heavy (non-hydrogen) atoms. The smallest absolute Gasteiger partial charge is 0.397 e. The third kappa shape index (κ3) is 6.84. The predicted octanol–water partition coefficient (Wildman–Crippen LogP) is -1.03. The minimum absolute atomic E-state index is 0.757. The van der Waals surface area contributed by atoms with Crippen molar-refractivity contribution in [3.63, 3.8) is 0 Å². The lowest BCUT2D eigenvalue weighted by Crippen LogP contribution is -2.62. The van der Waals surface area contributed by atoms with E-state index >= 15 is 0 Å². The van der Waals surface area contributed by atoms with E-state index < -0.39 is 65.6 Å². The average molecular weight is 400 g/mol. The average Bonchev–Trinajstić information content (AvgIpc) is 2.47. The molecule has 5 atom stereocenters. The van der Waals surface area contributed by atoms with Gasteiger partial charge < -0.3 is 23.7 Å². The molecule has 1 heterocycles. The molecule has 0 aromatic rings. The summed E-state index contributed by atoms with van der Waals surface area (Å²) >= 11 is 0. The van der Waals surface area contributed by atoms with Crippen LogP contribution in [0.2, 0.25) is 0 Å². The molecule has 1 aliphatic rings. The molecule has 0 unspecified atom stereocenters. The highest BCUT2D eigenvalue weighted by Crippen LogP contribution is 2.29. The van der Waals surface area contributed by atoms with Crippen LogP contribution in [0, 0.1) is 0 Å². The van der Waals surface area contributed by atoms with Gasteiger partial charge in [0.25, 0.3) is 0 Å². The first-order chi connectivity index (χ1) is 11.9. The predicted molar refractivity (Wildman–Crippen MR) is 79.8 cm³/mol. The monoisotopic (exact) mass is 400 g/mol. The van der Waals surface area contributed by atoms with Crippen molar-refractivity contribution >= 4 is 28.3 Å². The number of hydrogen-bond acceptors (Lipinski definition) is 11. The van der Waals surface area contributed by atoms with E-state index in [1.165, 1.54) is 7.11 Å². The van der Waals surface area contributed by atoms with E-state index in [2.05, 4.69) is 4.18 Å². The molecule has 0 aromatic heterocycles. The Kier molecular flexibility index (Phi) is 7.89. The zero-order chi connectivity index (χ0) is 20.1. The fourth-order valence-corrected chi connectivity index (χ4v) is 2.64. The van der Waals surface area contributed by atoms with Gasteiger partial charge in [-0.05, 0) is 0 Å². The second-order valence-corrected chi connectivity index (χ2v) is 6.30. The molecule has 12 nitrogen and oxygen atoms in total.